The van der Waals surface area contributed by atoms with E-state index in [1.165, 1.54) is 0 Å². The van der Waals surface area contributed by atoms with Crippen molar-refractivity contribution in [2.45, 2.75) is 0 Å². The highest BCUT2D eigenvalue weighted by Gasteiger charge is 2.11. The molecule has 1 aromatic carbocycles. The normalized spacial score (nSPS) is 10.4. The highest BCUT2D eigenvalue weighted by Crippen LogP contribution is 2.22. The summed E-state index contributed by atoms with van der Waals surface area (Å²) < 4.78 is 1.55. The van der Waals surface area contributed by atoms with E-state index in [-0.39, 0.29) is 5.69 Å². The number of hydrogen-bond acceptors (Lipinski definition) is 2. The summed E-state index contributed by atoms with van der Waals surface area (Å²) in [5.74, 6) is -0.594. The molecule has 16 heavy (non-hydrogen) atoms. The summed E-state index contributed by atoms with van der Waals surface area (Å²) in [6.45, 7) is 0. The van der Waals surface area contributed by atoms with Crippen LogP contribution >= 0.6 is 11.6 Å². The average molecular weight is 235 g/mol. The molecule has 0 spiro atoms. The smallest absolute Gasteiger partial charge is 0.269 e. The van der Waals surface area contributed by atoms with E-state index < -0.39 is 5.91 Å². The van der Waals surface area contributed by atoms with Gasteiger partial charge in [-0.2, -0.15) is 5.10 Å². The van der Waals surface area contributed by atoms with Gasteiger partial charge in [-0.05, 0) is 12.1 Å². The van der Waals surface area contributed by atoms with E-state index in [4.69, 9.17) is 17.3 Å². The predicted octanol–water partition coefficient (Wildman–Crippen LogP) is 1.64. The van der Waals surface area contributed by atoms with Gasteiger partial charge in [0.25, 0.3) is 5.91 Å². The van der Waals surface area contributed by atoms with E-state index >= 15 is 0 Å². The van der Waals surface area contributed by atoms with Gasteiger partial charge in [-0.15, -0.1) is 0 Å². The van der Waals surface area contributed by atoms with Crippen molar-refractivity contribution in [1.82, 2.24) is 9.78 Å². The van der Waals surface area contributed by atoms with Crippen LogP contribution in [0.5, 0.6) is 0 Å². The van der Waals surface area contributed by atoms with Crippen LogP contribution in [0.15, 0.2) is 24.3 Å². The molecule has 81 valence electrons. The molecule has 1 amide bonds. The fourth-order valence-electron chi connectivity index (χ4n) is 1.42. The van der Waals surface area contributed by atoms with Crippen LogP contribution < -0.4 is 5.73 Å². The molecule has 0 aliphatic heterocycles. The molecule has 1 heterocycles. The van der Waals surface area contributed by atoms with Gasteiger partial charge in [0.1, 0.15) is 0 Å². The number of primary amides is 1. The Balaban J connectivity index is 2.52. The molecule has 0 aliphatic rings. The van der Waals surface area contributed by atoms with Crippen molar-refractivity contribution in [1.29, 1.82) is 0 Å². The standard InChI is InChI=1S/C11H9ClN3O/c1-15-10(6-9(14-15)11(13)16)7-3-2-4-8(12)5-7/h2-5H,1H3,(H2,13,16). The molecule has 1 aromatic heterocycles. The number of halogens is 1. The second kappa shape index (κ2) is 3.98. The first-order valence-electron chi connectivity index (χ1n) is 4.60. The summed E-state index contributed by atoms with van der Waals surface area (Å²) in [5, 5.41) is 4.58. The van der Waals surface area contributed by atoms with E-state index in [0.717, 1.165) is 5.56 Å². The molecule has 0 unspecified atom stereocenters. The van der Waals surface area contributed by atoms with Gasteiger partial charge in [-0.25, -0.2) is 0 Å². The Bertz CT molecular complexity index is 548. The highest BCUT2D eigenvalue weighted by molar-refractivity contribution is 6.30. The third-order valence-corrected chi connectivity index (χ3v) is 2.38. The largest absolute Gasteiger partial charge is 0.364 e. The molecular weight excluding hydrogens is 226 g/mol. The number of hydrogen-bond donors (Lipinski definition) is 1. The zero-order valence-corrected chi connectivity index (χ0v) is 9.32. The summed E-state index contributed by atoms with van der Waals surface area (Å²) >= 11 is 5.88. The van der Waals surface area contributed by atoms with Gasteiger partial charge < -0.3 is 5.73 Å². The number of nitrogens with zero attached hydrogens (tertiary/aromatic N) is 2. The van der Waals surface area contributed by atoms with Crippen LogP contribution in [-0.4, -0.2) is 15.7 Å². The first-order valence-corrected chi connectivity index (χ1v) is 4.98. The number of aryl methyl sites for hydroxylation is 1. The minimum Gasteiger partial charge on any atom is -0.364 e. The van der Waals surface area contributed by atoms with E-state index in [1.807, 2.05) is 12.1 Å². The fraction of sp³-hybridized carbons (Fsp3) is 0.0909. The maximum atomic E-state index is 11.0. The van der Waals surface area contributed by atoms with E-state index in [1.54, 1.807) is 23.9 Å². The molecule has 2 aromatic rings. The summed E-state index contributed by atoms with van der Waals surface area (Å²) in [7, 11) is 1.72. The zero-order chi connectivity index (χ0) is 11.7. The van der Waals surface area contributed by atoms with Crippen molar-refractivity contribution >= 4 is 17.5 Å². The van der Waals surface area contributed by atoms with Gasteiger partial charge in [0, 0.05) is 23.7 Å². The van der Waals surface area contributed by atoms with Crippen molar-refractivity contribution in [3.8, 4) is 11.3 Å². The Labute approximate surface area is 97.6 Å². The zero-order valence-electron chi connectivity index (χ0n) is 8.57. The molecule has 0 atom stereocenters. The van der Waals surface area contributed by atoms with Crippen LogP contribution in [0.1, 0.15) is 10.5 Å². The van der Waals surface area contributed by atoms with Crippen LogP contribution in [0.3, 0.4) is 0 Å². The molecule has 0 saturated heterocycles. The van der Waals surface area contributed by atoms with Crippen molar-refractivity contribution in [2.75, 3.05) is 0 Å². The quantitative estimate of drug-likeness (QED) is 0.859. The molecule has 1 radical (unpaired) electrons. The number of amides is 1. The lowest BCUT2D eigenvalue weighted by atomic mass is 10.1. The van der Waals surface area contributed by atoms with Gasteiger partial charge >= 0.3 is 0 Å². The Hall–Kier alpha value is -1.81. The lowest BCUT2D eigenvalue weighted by Crippen LogP contribution is -2.12. The molecule has 0 bridgehead atoms. The van der Waals surface area contributed by atoms with Crippen molar-refractivity contribution in [2.24, 2.45) is 12.8 Å². The molecule has 0 aliphatic carbocycles. The fourth-order valence-corrected chi connectivity index (χ4v) is 1.61. The lowest BCUT2D eigenvalue weighted by Gasteiger charge is -2.01. The predicted molar refractivity (Wildman–Crippen MR) is 61.0 cm³/mol. The molecule has 2 rings (SSSR count). The Morgan fingerprint density at radius 3 is 2.88 bits per heavy atom. The molecule has 2 N–H and O–H groups in total. The average Bonchev–Trinajstić information content (AvgIpc) is 2.60. The van der Waals surface area contributed by atoms with Gasteiger partial charge in [0.2, 0.25) is 0 Å². The number of nitrogens with two attached hydrogens (primary N) is 1. The summed E-state index contributed by atoms with van der Waals surface area (Å²) in [6.07, 6.45) is 0. The summed E-state index contributed by atoms with van der Waals surface area (Å²) in [4.78, 5) is 11.0. The van der Waals surface area contributed by atoms with Crippen LogP contribution in [0.4, 0.5) is 0 Å². The Morgan fingerprint density at radius 2 is 2.31 bits per heavy atom. The number of benzene rings is 1. The topological polar surface area (TPSA) is 60.9 Å². The maximum Gasteiger partial charge on any atom is 0.269 e. The van der Waals surface area contributed by atoms with Gasteiger partial charge in [0.05, 0.1) is 5.69 Å². The minimum absolute atomic E-state index is 0.123. The SMILES string of the molecule is Cn1nc(C(N)=O)[c]c1-c1cccc(Cl)c1. The molecule has 4 nitrogen and oxygen atoms in total. The van der Waals surface area contributed by atoms with Crippen molar-refractivity contribution in [3.63, 3.8) is 0 Å². The van der Waals surface area contributed by atoms with Gasteiger partial charge in [-0.1, -0.05) is 23.7 Å². The lowest BCUT2D eigenvalue weighted by molar-refractivity contribution is 0.0994. The van der Waals surface area contributed by atoms with E-state index in [9.17, 15) is 4.79 Å². The number of aromatic nitrogens is 2. The molecule has 0 saturated carbocycles. The minimum atomic E-state index is -0.594. The summed E-state index contributed by atoms with van der Waals surface area (Å²) in [5.41, 5.74) is 6.77. The third kappa shape index (κ3) is 1.92. The first kappa shape index (κ1) is 10.7. The van der Waals surface area contributed by atoms with Crippen LogP contribution in [0.2, 0.25) is 5.02 Å². The molecule has 5 heteroatoms. The van der Waals surface area contributed by atoms with Crippen LogP contribution in [0, 0.1) is 6.07 Å². The van der Waals surface area contributed by atoms with E-state index in [2.05, 4.69) is 11.2 Å². The summed E-state index contributed by atoms with van der Waals surface area (Å²) in [6, 6.07) is 10.1. The van der Waals surface area contributed by atoms with Gasteiger partial charge in [-0.3, -0.25) is 9.48 Å². The van der Waals surface area contributed by atoms with Gasteiger partial charge in [0.15, 0.2) is 5.69 Å². The van der Waals surface area contributed by atoms with Crippen LogP contribution in [0.25, 0.3) is 11.3 Å². The Morgan fingerprint density at radius 1 is 1.56 bits per heavy atom. The molecule has 0 fully saturated rings. The van der Waals surface area contributed by atoms with E-state index in [0.29, 0.717) is 10.7 Å². The molecular formula is C11H9ClN3O. The first-order chi connectivity index (χ1) is 7.58. The highest BCUT2D eigenvalue weighted by atomic mass is 35.5. The number of carbonyl (C=O) groups excluding carboxylic acids is 1. The van der Waals surface area contributed by atoms with Crippen molar-refractivity contribution < 1.29 is 4.79 Å². The maximum absolute atomic E-state index is 11.0. The Kier molecular flexibility index (Phi) is 2.66. The van der Waals surface area contributed by atoms with Crippen LogP contribution in [-0.2, 0) is 7.05 Å². The second-order valence-corrected chi connectivity index (χ2v) is 3.76. The van der Waals surface area contributed by atoms with Crippen molar-refractivity contribution in [3.05, 3.63) is 41.0 Å². The monoisotopic (exact) mass is 234 g/mol. The second-order valence-electron chi connectivity index (χ2n) is 3.32. The number of carbonyl (C=O) groups is 1. The number of rotatable bonds is 2. The third-order valence-electron chi connectivity index (χ3n) is 2.14.